The van der Waals surface area contributed by atoms with E-state index in [4.69, 9.17) is 10.5 Å². The molecule has 0 unspecified atom stereocenters. The van der Waals surface area contributed by atoms with Crippen molar-refractivity contribution in [1.29, 1.82) is 10.5 Å². The van der Waals surface area contributed by atoms with Crippen LogP contribution in [0.4, 0.5) is 11.4 Å². The van der Waals surface area contributed by atoms with Gasteiger partial charge in [0.15, 0.2) is 0 Å². The smallest absolute Gasteiger partial charge is 0.290 e. The molecule has 0 amide bonds. The Labute approximate surface area is 143 Å². The second-order valence-corrected chi connectivity index (χ2v) is 6.60. The SMILES string of the molecule is N#CC(C#N)=CNc1ccc(S(=O)(=O)c2ccccc2)c([N+](=O)[O-])c1. The molecule has 0 fully saturated rings. The molecule has 8 nitrogen and oxygen atoms in total. The minimum Gasteiger partial charge on any atom is -0.360 e. The third-order valence-corrected chi connectivity index (χ3v) is 4.94. The molecule has 0 aromatic heterocycles. The van der Waals surface area contributed by atoms with E-state index in [0.29, 0.717) is 0 Å². The maximum atomic E-state index is 12.6. The molecule has 0 radical (unpaired) electrons. The normalized spacial score (nSPS) is 10.2. The van der Waals surface area contributed by atoms with E-state index in [9.17, 15) is 18.5 Å². The number of hydrogen-bond donors (Lipinski definition) is 1. The van der Waals surface area contributed by atoms with E-state index in [1.54, 1.807) is 18.2 Å². The first-order chi connectivity index (χ1) is 11.9. The van der Waals surface area contributed by atoms with Crippen LogP contribution < -0.4 is 5.32 Å². The molecule has 2 aromatic carbocycles. The standard InChI is InChI=1S/C16H10N4O4S/c17-9-12(10-18)11-19-13-6-7-16(15(8-13)20(21)22)25(23,24)14-4-2-1-3-5-14/h1-8,11,19H. The molecule has 124 valence electrons. The number of benzene rings is 2. The van der Waals surface area contributed by atoms with Gasteiger partial charge in [0.05, 0.1) is 9.82 Å². The second-order valence-electron chi connectivity index (χ2n) is 4.68. The Kier molecular flexibility index (Phi) is 5.12. The molecule has 25 heavy (non-hydrogen) atoms. The predicted molar refractivity (Wildman–Crippen MR) is 87.9 cm³/mol. The van der Waals surface area contributed by atoms with E-state index in [1.165, 1.54) is 30.3 Å². The number of hydrogen-bond acceptors (Lipinski definition) is 7. The number of rotatable bonds is 5. The number of nitro benzene ring substituents is 1. The highest BCUT2D eigenvalue weighted by Gasteiger charge is 2.27. The zero-order chi connectivity index (χ0) is 18.4. The van der Waals surface area contributed by atoms with Gasteiger partial charge in [-0.2, -0.15) is 10.5 Å². The summed E-state index contributed by atoms with van der Waals surface area (Å²) < 4.78 is 25.2. The third kappa shape index (κ3) is 3.80. The zero-order valence-corrected chi connectivity index (χ0v) is 13.4. The summed E-state index contributed by atoms with van der Waals surface area (Å²) in [6, 6.07) is 14.1. The largest absolute Gasteiger partial charge is 0.360 e. The third-order valence-electron chi connectivity index (χ3n) is 3.12. The van der Waals surface area contributed by atoms with Crippen molar-refractivity contribution in [3.8, 4) is 12.1 Å². The lowest BCUT2D eigenvalue weighted by molar-refractivity contribution is -0.387. The molecule has 0 saturated heterocycles. The molecule has 1 N–H and O–H groups in total. The van der Waals surface area contributed by atoms with Gasteiger partial charge in [-0.25, -0.2) is 8.42 Å². The highest BCUT2D eigenvalue weighted by molar-refractivity contribution is 7.91. The summed E-state index contributed by atoms with van der Waals surface area (Å²) in [4.78, 5) is 9.98. The fourth-order valence-corrected chi connectivity index (χ4v) is 3.37. The molecule has 0 bridgehead atoms. The van der Waals surface area contributed by atoms with Crippen molar-refractivity contribution in [2.24, 2.45) is 0 Å². The minimum absolute atomic E-state index is 0.0602. The Balaban J connectivity index is 2.52. The van der Waals surface area contributed by atoms with Gasteiger partial charge >= 0.3 is 0 Å². The van der Waals surface area contributed by atoms with Gasteiger partial charge in [0.25, 0.3) is 5.69 Å². The summed E-state index contributed by atoms with van der Waals surface area (Å²) in [7, 11) is -4.06. The van der Waals surface area contributed by atoms with Gasteiger partial charge in [-0.3, -0.25) is 10.1 Å². The van der Waals surface area contributed by atoms with Gasteiger partial charge in [0, 0.05) is 18.0 Å². The number of allylic oxidation sites excluding steroid dienone is 1. The summed E-state index contributed by atoms with van der Waals surface area (Å²) in [5.41, 5.74) is -0.678. The van der Waals surface area contributed by atoms with E-state index in [2.05, 4.69) is 5.32 Å². The zero-order valence-electron chi connectivity index (χ0n) is 12.6. The maximum Gasteiger partial charge on any atom is 0.290 e. The Morgan fingerprint density at radius 3 is 2.32 bits per heavy atom. The summed E-state index contributed by atoms with van der Waals surface area (Å²) in [6.07, 6.45) is 1.07. The van der Waals surface area contributed by atoms with Gasteiger partial charge in [0.1, 0.15) is 22.6 Å². The van der Waals surface area contributed by atoms with E-state index in [-0.39, 0.29) is 16.2 Å². The van der Waals surface area contributed by atoms with Crippen LogP contribution in [0.15, 0.2) is 70.1 Å². The van der Waals surface area contributed by atoms with Crippen molar-refractivity contribution >= 4 is 21.2 Å². The molecule has 9 heteroatoms. The fraction of sp³-hybridized carbons (Fsp3) is 0. The molecule has 0 aliphatic rings. The fourth-order valence-electron chi connectivity index (χ4n) is 1.95. The summed E-state index contributed by atoms with van der Waals surface area (Å²) in [5.74, 6) is 0. The highest BCUT2D eigenvalue weighted by Crippen LogP contribution is 2.31. The van der Waals surface area contributed by atoms with Gasteiger partial charge in [-0.05, 0) is 24.3 Å². The molecular weight excluding hydrogens is 344 g/mol. The topological polar surface area (TPSA) is 137 Å². The number of nitrogens with one attached hydrogen (secondary N) is 1. The first-order valence-corrected chi connectivity index (χ1v) is 8.24. The monoisotopic (exact) mass is 354 g/mol. The van der Waals surface area contributed by atoms with Crippen molar-refractivity contribution in [1.82, 2.24) is 0 Å². The first-order valence-electron chi connectivity index (χ1n) is 6.75. The van der Waals surface area contributed by atoms with Crippen LogP contribution in [-0.4, -0.2) is 13.3 Å². The van der Waals surface area contributed by atoms with Crippen LogP contribution in [0, 0.1) is 32.8 Å². The predicted octanol–water partition coefficient (Wildman–Crippen LogP) is 2.77. The molecule has 0 spiro atoms. The number of nitrogens with zero attached hydrogens (tertiary/aromatic N) is 3. The van der Waals surface area contributed by atoms with Gasteiger partial charge in [-0.1, -0.05) is 18.2 Å². The molecular formula is C16H10N4O4S. The van der Waals surface area contributed by atoms with Crippen LogP contribution >= 0.6 is 0 Å². The minimum atomic E-state index is -4.06. The summed E-state index contributed by atoms with van der Waals surface area (Å²) in [6.45, 7) is 0. The maximum absolute atomic E-state index is 12.6. The Hall–Kier alpha value is -3.69. The molecule has 0 aliphatic carbocycles. The highest BCUT2D eigenvalue weighted by atomic mass is 32.2. The molecule has 0 aliphatic heterocycles. The van der Waals surface area contributed by atoms with Crippen LogP contribution in [0.3, 0.4) is 0 Å². The Morgan fingerprint density at radius 1 is 1.12 bits per heavy atom. The van der Waals surface area contributed by atoms with Crippen molar-refractivity contribution in [3.63, 3.8) is 0 Å². The first kappa shape index (κ1) is 17.7. The number of nitro groups is 1. The van der Waals surface area contributed by atoms with Gasteiger partial charge in [-0.15, -0.1) is 0 Å². The van der Waals surface area contributed by atoms with Crippen LogP contribution in [0.5, 0.6) is 0 Å². The van der Waals surface area contributed by atoms with Crippen molar-refractivity contribution < 1.29 is 13.3 Å². The molecule has 0 heterocycles. The number of anilines is 1. The lowest BCUT2D eigenvalue weighted by Gasteiger charge is -2.07. The van der Waals surface area contributed by atoms with E-state index in [1.807, 2.05) is 0 Å². The van der Waals surface area contributed by atoms with E-state index >= 15 is 0 Å². The average Bonchev–Trinajstić information content (AvgIpc) is 2.63. The van der Waals surface area contributed by atoms with E-state index < -0.39 is 25.3 Å². The van der Waals surface area contributed by atoms with Gasteiger partial charge in [0.2, 0.25) is 9.84 Å². The van der Waals surface area contributed by atoms with Crippen LogP contribution in [0.1, 0.15) is 0 Å². The molecule has 0 atom stereocenters. The number of sulfone groups is 1. The van der Waals surface area contributed by atoms with Crippen molar-refractivity contribution in [2.75, 3.05) is 5.32 Å². The quantitative estimate of drug-likeness (QED) is 0.495. The van der Waals surface area contributed by atoms with Crippen molar-refractivity contribution in [3.05, 3.63) is 70.4 Å². The van der Waals surface area contributed by atoms with Crippen LogP contribution in [-0.2, 0) is 9.84 Å². The van der Waals surface area contributed by atoms with Gasteiger partial charge < -0.3 is 5.32 Å². The lowest BCUT2D eigenvalue weighted by Crippen LogP contribution is -2.06. The molecule has 2 rings (SSSR count). The number of nitriles is 2. The second kappa shape index (κ2) is 7.25. The lowest BCUT2D eigenvalue weighted by atomic mass is 10.2. The van der Waals surface area contributed by atoms with Crippen molar-refractivity contribution in [2.45, 2.75) is 9.79 Å². The Bertz CT molecular complexity index is 1020. The van der Waals surface area contributed by atoms with E-state index in [0.717, 1.165) is 18.3 Å². The summed E-state index contributed by atoms with van der Waals surface area (Å²) >= 11 is 0. The van der Waals surface area contributed by atoms with Crippen LogP contribution in [0.25, 0.3) is 0 Å². The molecule has 0 saturated carbocycles. The molecule has 2 aromatic rings. The summed E-state index contributed by atoms with van der Waals surface area (Å²) in [5, 5.41) is 31.2. The average molecular weight is 354 g/mol. The van der Waals surface area contributed by atoms with Crippen LogP contribution in [0.2, 0.25) is 0 Å². The Morgan fingerprint density at radius 2 is 1.76 bits per heavy atom.